The smallest absolute Gasteiger partial charge is 0.0746 e. The normalized spacial score (nSPS) is 12.5. The van der Waals surface area contributed by atoms with Crippen LogP contribution in [0.1, 0.15) is 24.5 Å². The second-order valence-electron chi connectivity index (χ2n) is 5.34. The average molecular weight is 298 g/mol. The van der Waals surface area contributed by atoms with Gasteiger partial charge in [-0.2, -0.15) is 0 Å². The SMILES string of the molecule is CCCON1CCc2ccccc21.NCCc1ccccc1. The summed E-state index contributed by atoms with van der Waals surface area (Å²) in [5.74, 6) is 0. The molecule has 0 atom stereocenters. The molecule has 0 spiro atoms. The van der Waals surface area contributed by atoms with Crippen molar-refractivity contribution in [3.63, 3.8) is 0 Å². The van der Waals surface area contributed by atoms with Crippen molar-refractivity contribution < 1.29 is 4.84 Å². The van der Waals surface area contributed by atoms with Crippen molar-refractivity contribution in [3.8, 4) is 0 Å². The minimum absolute atomic E-state index is 0.740. The van der Waals surface area contributed by atoms with Crippen molar-refractivity contribution in [2.45, 2.75) is 26.2 Å². The van der Waals surface area contributed by atoms with E-state index in [0.717, 1.165) is 39.0 Å². The maximum atomic E-state index is 5.61. The molecule has 0 aliphatic carbocycles. The number of nitrogens with two attached hydrogens (primary N) is 1. The predicted molar refractivity (Wildman–Crippen MR) is 92.9 cm³/mol. The van der Waals surface area contributed by atoms with Gasteiger partial charge in [-0.3, -0.25) is 9.90 Å². The maximum absolute atomic E-state index is 5.61. The molecule has 0 amide bonds. The van der Waals surface area contributed by atoms with Crippen molar-refractivity contribution in [3.05, 3.63) is 65.7 Å². The lowest BCUT2D eigenvalue weighted by Gasteiger charge is -2.17. The summed E-state index contributed by atoms with van der Waals surface area (Å²) in [6.45, 7) is 4.68. The number of benzene rings is 2. The molecule has 3 nitrogen and oxygen atoms in total. The van der Waals surface area contributed by atoms with E-state index in [1.165, 1.54) is 16.8 Å². The monoisotopic (exact) mass is 298 g/mol. The Labute approximate surface area is 133 Å². The molecule has 118 valence electrons. The molecule has 1 aliphatic rings. The Morgan fingerprint density at radius 1 is 1.05 bits per heavy atom. The van der Waals surface area contributed by atoms with E-state index < -0.39 is 0 Å². The first-order valence-corrected chi connectivity index (χ1v) is 8.07. The van der Waals surface area contributed by atoms with Crippen molar-refractivity contribution in [2.75, 3.05) is 24.8 Å². The fourth-order valence-electron chi connectivity index (χ4n) is 2.45. The lowest BCUT2D eigenvalue weighted by molar-refractivity contribution is 0.114. The molecule has 0 bridgehead atoms. The number of para-hydroxylation sites is 1. The van der Waals surface area contributed by atoms with Gasteiger partial charge in [-0.25, -0.2) is 0 Å². The van der Waals surface area contributed by atoms with Gasteiger partial charge in [-0.1, -0.05) is 55.5 Å². The lowest BCUT2D eigenvalue weighted by atomic mass is 10.2. The van der Waals surface area contributed by atoms with Crippen molar-refractivity contribution in [1.82, 2.24) is 0 Å². The molecule has 0 radical (unpaired) electrons. The van der Waals surface area contributed by atoms with Gasteiger partial charge in [-0.05, 0) is 43.0 Å². The zero-order valence-electron chi connectivity index (χ0n) is 13.4. The Hall–Kier alpha value is -1.84. The van der Waals surface area contributed by atoms with Gasteiger partial charge in [0.1, 0.15) is 0 Å². The first-order valence-electron chi connectivity index (χ1n) is 8.07. The van der Waals surface area contributed by atoms with Crippen LogP contribution in [0.2, 0.25) is 0 Å². The largest absolute Gasteiger partial charge is 0.330 e. The standard InChI is InChI=1S/C11H15NO.C8H11N/c1-2-9-13-12-8-7-10-5-3-4-6-11(10)12;9-7-6-8-4-2-1-3-5-8/h3-6H,2,7-9H2,1H3;1-5H,6-7,9H2. The van der Waals surface area contributed by atoms with Crippen LogP contribution < -0.4 is 10.8 Å². The summed E-state index contributed by atoms with van der Waals surface area (Å²) in [4.78, 5) is 5.61. The molecule has 22 heavy (non-hydrogen) atoms. The second kappa shape index (κ2) is 9.23. The van der Waals surface area contributed by atoms with Crippen molar-refractivity contribution in [2.24, 2.45) is 5.73 Å². The fraction of sp³-hybridized carbons (Fsp3) is 0.368. The fourth-order valence-corrected chi connectivity index (χ4v) is 2.45. The van der Waals surface area contributed by atoms with Crippen LogP contribution in [0.3, 0.4) is 0 Å². The molecule has 2 aromatic carbocycles. The lowest BCUT2D eigenvalue weighted by Crippen LogP contribution is -2.21. The van der Waals surface area contributed by atoms with Gasteiger partial charge in [-0.15, -0.1) is 0 Å². The Morgan fingerprint density at radius 2 is 1.77 bits per heavy atom. The van der Waals surface area contributed by atoms with Crippen LogP contribution in [0.25, 0.3) is 0 Å². The Kier molecular flexibility index (Phi) is 6.94. The molecule has 3 heteroatoms. The van der Waals surface area contributed by atoms with Gasteiger partial charge < -0.3 is 5.73 Å². The molecule has 0 aromatic heterocycles. The number of nitrogens with zero attached hydrogens (tertiary/aromatic N) is 1. The Bertz CT molecular complexity index is 542. The summed E-state index contributed by atoms with van der Waals surface area (Å²) in [6, 6.07) is 18.7. The molecular formula is C19H26N2O. The van der Waals surface area contributed by atoms with Gasteiger partial charge in [0.2, 0.25) is 0 Å². The average Bonchev–Trinajstić information content (AvgIpc) is 2.98. The third kappa shape index (κ3) is 4.86. The number of rotatable bonds is 5. The molecule has 0 fully saturated rings. The van der Waals surface area contributed by atoms with Crippen LogP contribution in [0, 0.1) is 0 Å². The number of anilines is 1. The molecule has 2 aromatic rings. The highest BCUT2D eigenvalue weighted by atomic mass is 16.7. The van der Waals surface area contributed by atoms with E-state index in [0.29, 0.717) is 0 Å². The van der Waals surface area contributed by atoms with Crippen LogP contribution in [0.4, 0.5) is 5.69 Å². The summed E-state index contributed by atoms with van der Waals surface area (Å²) < 4.78 is 0. The molecule has 3 rings (SSSR count). The first kappa shape index (κ1) is 16.5. The van der Waals surface area contributed by atoms with Crippen molar-refractivity contribution in [1.29, 1.82) is 0 Å². The van der Waals surface area contributed by atoms with Crippen LogP contribution in [-0.4, -0.2) is 19.7 Å². The molecule has 0 unspecified atom stereocenters. The summed E-state index contributed by atoms with van der Waals surface area (Å²) >= 11 is 0. The summed E-state index contributed by atoms with van der Waals surface area (Å²) in [7, 11) is 0. The molecule has 1 aliphatic heterocycles. The Balaban J connectivity index is 0.000000172. The summed E-state index contributed by atoms with van der Waals surface area (Å²) in [6.07, 6.45) is 3.17. The third-order valence-electron chi connectivity index (χ3n) is 3.57. The number of hydrogen-bond donors (Lipinski definition) is 1. The number of hydrogen-bond acceptors (Lipinski definition) is 3. The number of hydroxylamine groups is 1. The van der Waals surface area contributed by atoms with Gasteiger partial charge in [0.05, 0.1) is 12.3 Å². The first-order chi connectivity index (χ1) is 10.8. The van der Waals surface area contributed by atoms with E-state index >= 15 is 0 Å². The van der Waals surface area contributed by atoms with Crippen LogP contribution in [-0.2, 0) is 17.7 Å². The highest BCUT2D eigenvalue weighted by Crippen LogP contribution is 2.27. The quantitative estimate of drug-likeness (QED) is 0.917. The highest BCUT2D eigenvalue weighted by molar-refractivity contribution is 5.55. The topological polar surface area (TPSA) is 38.5 Å². The van der Waals surface area contributed by atoms with Gasteiger partial charge in [0.15, 0.2) is 0 Å². The van der Waals surface area contributed by atoms with Gasteiger partial charge in [0, 0.05) is 6.54 Å². The van der Waals surface area contributed by atoms with Gasteiger partial charge >= 0.3 is 0 Å². The maximum Gasteiger partial charge on any atom is 0.0746 e. The van der Waals surface area contributed by atoms with E-state index in [9.17, 15) is 0 Å². The van der Waals surface area contributed by atoms with E-state index in [-0.39, 0.29) is 0 Å². The van der Waals surface area contributed by atoms with E-state index in [2.05, 4.69) is 43.3 Å². The minimum Gasteiger partial charge on any atom is -0.330 e. The van der Waals surface area contributed by atoms with E-state index in [1.54, 1.807) is 0 Å². The molecule has 2 N–H and O–H groups in total. The Morgan fingerprint density at radius 3 is 2.50 bits per heavy atom. The molecule has 1 heterocycles. The highest BCUT2D eigenvalue weighted by Gasteiger charge is 2.18. The molecule has 0 saturated carbocycles. The second-order valence-corrected chi connectivity index (χ2v) is 5.34. The zero-order valence-corrected chi connectivity index (χ0v) is 13.4. The molecule has 0 saturated heterocycles. The van der Waals surface area contributed by atoms with E-state index in [4.69, 9.17) is 10.6 Å². The van der Waals surface area contributed by atoms with Crippen molar-refractivity contribution >= 4 is 5.69 Å². The van der Waals surface area contributed by atoms with E-state index in [1.807, 2.05) is 23.3 Å². The minimum atomic E-state index is 0.740. The predicted octanol–water partition coefficient (Wildman–Crippen LogP) is 3.58. The number of fused-ring (bicyclic) bond motifs is 1. The summed E-state index contributed by atoms with van der Waals surface area (Å²) in [5.41, 5.74) is 9.33. The third-order valence-corrected chi connectivity index (χ3v) is 3.57. The zero-order chi connectivity index (χ0) is 15.6. The van der Waals surface area contributed by atoms with Crippen LogP contribution >= 0.6 is 0 Å². The van der Waals surface area contributed by atoms with Crippen LogP contribution in [0.5, 0.6) is 0 Å². The summed E-state index contributed by atoms with van der Waals surface area (Å²) in [5, 5.41) is 2.01. The van der Waals surface area contributed by atoms with Crippen LogP contribution in [0.15, 0.2) is 54.6 Å². The molecular weight excluding hydrogens is 272 g/mol. The van der Waals surface area contributed by atoms with Gasteiger partial charge in [0.25, 0.3) is 0 Å².